The number of carbonyl (C=O) groups excluding carboxylic acids is 1. The van der Waals surface area contributed by atoms with Crippen molar-refractivity contribution in [3.63, 3.8) is 0 Å². The highest BCUT2D eigenvalue weighted by Gasteiger charge is 2.21. The van der Waals surface area contributed by atoms with Gasteiger partial charge in [0.2, 0.25) is 0 Å². The minimum atomic E-state index is -1.05. The molecule has 1 aromatic heterocycles. The van der Waals surface area contributed by atoms with Crippen molar-refractivity contribution in [2.24, 2.45) is 0 Å². The first-order valence-electron chi connectivity index (χ1n) is 8.08. The fourth-order valence-electron chi connectivity index (χ4n) is 2.48. The van der Waals surface area contributed by atoms with Crippen LogP contribution in [0.1, 0.15) is 40.7 Å². The number of aryl methyl sites for hydroxylation is 2. The van der Waals surface area contributed by atoms with E-state index in [9.17, 15) is 9.59 Å². The van der Waals surface area contributed by atoms with Gasteiger partial charge in [-0.1, -0.05) is 24.2 Å². The van der Waals surface area contributed by atoms with Crippen LogP contribution < -0.4 is 4.74 Å². The lowest BCUT2D eigenvalue weighted by molar-refractivity contribution is -0.137. The normalized spacial score (nSPS) is 10.5. The van der Waals surface area contributed by atoms with E-state index in [0.717, 1.165) is 11.3 Å². The standard InChI is InChI=1S/C18H22N2O5/c1-4-9-20(10-17(21)22)18(23)14-7-5-6-8-16(14)24-11-15-12(2)19-25-13(15)3/h5-8H,4,9-11H2,1-3H3,(H,21,22). The van der Waals surface area contributed by atoms with Crippen LogP contribution in [0.5, 0.6) is 5.75 Å². The molecular formula is C18H22N2O5. The fraction of sp³-hybridized carbons (Fsp3) is 0.389. The number of amides is 1. The monoisotopic (exact) mass is 346 g/mol. The second kappa shape index (κ2) is 8.32. The number of para-hydroxylation sites is 1. The van der Waals surface area contributed by atoms with Crippen LogP contribution in [0.4, 0.5) is 0 Å². The van der Waals surface area contributed by atoms with Gasteiger partial charge in [-0.05, 0) is 32.4 Å². The molecule has 0 fully saturated rings. The van der Waals surface area contributed by atoms with Crippen molar-refractivity contribution in [2.45, 2.75) is 33.8 Å². The average molecular weight is 346 g/mol. The summed E-state index contributed by atoms with van der Waals surface area (Å²) in [6.07, 6.45) is 0.668. The van der Waals surface area contributed by atoms with Gasteiger partial charge in [0.1, 0.15) is 24.7 Å². The lowest BCUT2D eigenvalue weighted by Gasteiger charge is -2.21. The molecule has 2 aromatic rings. The topological polar surface area (TPSA) is 92.9 Å². The molecule has 7 nitrogen and oxygen atoms in total. The number of carboxylic acids is 1. The van der Waals surface area contributed by atoms with Crippen LogP contribution in [-0.2, 0) is 11.4 Å². The van der Waals surface area contributed by atoms with Crippen LogP contribution in [0, 0.1) is 13.8 Å². The fourth-order valence-corrected chi connectivity index (χ4v) is 2.48. The molecule has 134 valence electrons. The van der Waals surface area contributed by atoms with Crippen LogP contribution in [-0.4, -0.2) is 40.1 Å². The third-order valence-corrected chi connectivity index (χ3v) is 3.78. The van der Waals surface area contributed by atoms with E-state index in [-0.39, 0.29) is 19.1 Å². The number of aromatic nitrogens is 1. The maximum absolute atomic E-state index is 12.7. The number of rotatable bonds is 8. The van der Waals surface area contributed by atoms with Gasteiger partial charge in [0, 0.05) is 6.54 Å². The number of nitrogens with zero attached hydrogens (tertiary/aromatic N) is 2. The molecule has 2 rings (SSSR count). The Kier molecular flexibility index (Phi) is 6.16. The molecule has 0 bridgehead atoms. The summed E-state index contributed by atoms with van der Waals surface area (Å²) < 4.78 is 10.9. The van der Waals surface area contributed by atoms with E-state index in [0.29, 0.717) is 30.0 Å². The van der Waals surface area contributed by atoms with Gasteiger partial charge >= 0.3 is 5.97 Å². The van der Waals surface area contributed by atoms with Crippen LogP contribution >= 0.6 is 0 Å². The minimum Gasteiger partial charge on any atom is -0.488 e. The molecule has 1 aromatic carbocycles. The first kappa shape index (κ1) is 18.5. The second-order valence-electron chi connectivity index (χ2n) is 5.71. The maximum atomic E-state index is 12.7. The highest BCUT2D eigenvalue weighted by Crippen LogP contribution is 2.23. The molecule has 0 saturated carbocycles. The maximum Gasteiger partial charge on any atom is 0.323 e. The summed E-state index contributed by atoms with van der Waals surface area (Å²) in [5.74, 6) is -0.340. The number of hydrogen-bond donors (Lipinski definition) is 1. The van der Waals surface area contributed by atoms with Crippen molar-refractivity contribution < 1.29 is 24.0 Å². The minimum absolute atomic E-state index is 0.220. The third kappa shape index (κ3) is 4.59. The predicted molar refractivity (Wildman–Crippen MR) is 90.6 cm³/mol. The van der Waals surface area contributed by atoms with Crippen molar-refractivity contribution >= 4 is 11.9 Å². The Labute approximate surface area is 146 Å². The van der Waals surface area contributed by atoms with E-state index in [1.54, 1.807) is 31.2 Å². The van der Waals surface area contributed by atoms with Gasteiger partial charge in [-0.3, -0.25) is 9.59 Å². The van der Waals surface area contributed by atoms with E-state index in [1.807, 2.05) is 13.8 Å². The molecule has 1 N–H and O–H groups in total. The van der Waals surface area contributed by atoms with Gasteiger partial charge in [0.25, 0.3) is 5.91 Å². The highest BCUT2D eigenvalue weighted by molar-refractivity contribution is 5.98. The quantitative estimate of drug-likeness (QED) is 0.790. The summed E-state index contributed by atoms with van der Waals surface area (Å²) in [4.78, 5) is 25.1. The number of hydrogen-bond acceptors (Lipinski definition) is 5. The third-order valence-electron chi connectivity index (χ3n) is 3.78. The van der Waals surface area contributed by atoms with Crippen molar-refractivity contribution in [1.29, 1.82) is 0 Å². The Morgan fingerprint density at radius 1 is 1.28 bits per heavy atom. The summed E-state index contributed by atoms with van der Waals surface area (Å²) in [7, 11) is 0. The molecule has 0 radical (unpaired) electrons. The summed E-state index contributed by atoms with van der Waals surface area (Å²) in [5.41, 5.74) is 1.90. The van der Waals surface area contributed by atoms with Crippen LogP contribution in [0.25, 0.3) is 0 Å². The molecule has 0 spiro atoms. The first-order chi connectivity index (χ1) is 11.9. The summed E-state index contributed by atoms with van der Waals surface area (Å²) in [5, 5.41) is 12.9. The van der Waals surface area contributed by atoms with Gasteiger partial charge in [-0.2, -0.15) is 0 Å². The molecule has 0 aliphatic rings. The van der Waals surface area contributed by atoms with E-state index in [2.05, 4.69) is 5.16 Å². The number of benzene rings is 1. The molecule has 1 heterocycles. The number of aliphatic carboxylic acids is 1. The largest absolute Gasteiger partial charge is 0.488 e. The Balaban J connectivity index is 2.21. The van der Waals surface area contributed by atoms with Crippen LogP contribution in [0.2, 0.25) is 0 Å². The van der Waals surface area contributed by atoms with Gasteiger partial charge in [0.15, 0.2) is 0 Å². The first-order valence-corrected chi connectivity index (χ1v) is 8.08. The molecule has 0 atom stereocenters. The summed E-state index contributed by atoms with van der Waals surface area (Å²) >= 11 is 0. The molecule has 0 aliphatic heterocycles. The summed E-state index contributed by atoms with van der Waals surface area (Å²) in [6.45, 7) is 5.75. The smallest absolute Gasteiger partial charge is 0.323 e. The molecular weight excluding hydrogens is 324 g/mol. The van der Waals surface area contributed by atoms with Gasteiger partial charge in [0.05, 0.1) is 16.8 Å². The molecule has 0 aliphatic carbocycles. The van der Waals surface area contributed by atoms with Crippen LogP contribution in [0.15, 0.2) is 28.8 Å². The number of carbonyl (C=O) groups is 2. The SMILES string of the molecule is CCCN(CC(=O)O)C(=O)c1ccccc1OCc1c(C)noc1C. The van der Waals surface area contributed by atoms with Gasteiger partial charge in [-0.25, -0.2) is 0 Å². The van der Waals surface area contributed by atoms with Gasteiger partial charge < -0.3 is 19.3 Å². The van der Waals surface area contributed by atoms with E-state index < -0.39 is 5.97 Å². The lowest BCUT2D eigenvalue weighted by Crippen LogP contribution is -2.36. The Morgan fingerprint density at radius 2 is 2.00 bits per heavy atom. The molecule has 25 heavy (non-hydrogen) atoms. The van der Waals surface area contributed by atoms with Crippen molar-refractivity contribution in [3.8, 4) is 5.75 Å². The van der Waals surface area contributed by atoms with Gasteiger partial charge in [-0.15, -0.1) is 0 Å². The highest BCUT2D eigenvalue weighted by atomic mass is 16.5. The average Bonchev–Trinajstić information content (AvgIpc) is 2.90. The van der Waals surface area contributed by atoms with E-state index in [1.165, 1.54) is 4.90 Å². The Morgan fingerprint density at radius 3 is 2.60 bits per heavy atom. The van der Waals surface area contributed by atoms with Crippen molar-refractivity contribution in [1.82, 2.24) is 10.1 Å². The molecule has 1 amide bonds. The molecule has 0 unspecified atom stereocenters. The zero-order chi connectivity index (χ0) is 18.4. The Hall–Kier alpha value is -2.83. The van der Waals surface area contributed by atoms with E-state index >= 15 is 0 Å². The number of ether oxygens (including phenoxy) is 1. The molecule has 0 saturated heterocycles. The Bertz CT molecular complexity index is 734. The van der Waals surface area contributed by atoms with Crippen LogP contribution in [0.3, 0.4) is 0 Å². The van der Waals surface area contributed by atoms with E-state index in [4.69, 9.17) is 14.4 Å². The van der Waals surface area contributed by atoms with Crippen molar-refractivity contribution in [2.75, 3.05) is 13.1 Å². The lowest BCUT2D eigenvalue weighted by atomic mass is 10.1. The second-order valence-corrected chi connectivity index (χ2v) is 5.71. The van der Waals surface area contributed by atoms with Crippen molar-refractivity contribution in [3.05, 3.63) is 46.8 Å². The summed E-state index contributed by atoms with van der Waals surface area (Å²) in [6, 6.07) is 6.81. The zero-order valence-electron chi connectivity index (χ0n) is 14.6. The zero-order valence-corrected chi connectivity index (χ0v) is 14.6. The number of carboxylic acid groups (broad SMARTS) is 1. The predicted octanol–water partition coefficient (Wildman–Crippen LogP) is 2.81. The molecule has 7 heteroatoms.